The molecule has 0 aliphatic heterocycles. The van der Waals surface area contributed by atoms with Gasteiger partial charge in [-0.15, -0.1) is 11.3 Å². The number of rotatable bonds is 7. The summed E-state index contributed by atoms with van der Waals surface area (Å²) in [5.74, 6) is 1.08. The Labute approximate surface area is 144 Å². The lowest BCUT2D eigenvalue weighted by Gasteiger charge is -2.10. The van der Waals surface area contributed by atoms with Crippen LogP contribution in [0.4, 0.5) is 5.69 Å². The van der Waals surface area contributed by atoms with Crippen molar-refractivity contribution in [1.82, 2.24) is 10.1 Å². The van der Waals surface area contributed by atoms with Gasteiger partial charge in [-0.1, -0.05) is 36.3 Å². The molecule has 0 spiro atoms. The summed E-state index contributed by atoms with van der Waals surface area (Å²) in [6.07, 6.45) is 0.925. The van der Waals surface area contributed by atoms with Crippen LogP contribution < -0.4 is 4.72 Å². The van der Waals surface area contributed by atoms with Crippen LogP contribution in [-0.2, 0) is 16.4 Å². The minimum absolute atomic E-state index is 0.0877. The summed E-state index contributed by atoms with van der Waals surface area (Å²) in [5.41, 5.74) is 1.33. The van der Waals surface area contributed by atoms with Gasteiger partial charge in [-0.25, -0.2) is 8.42 Å². The lowest BCUT2D eigenvalue weighted by Crippen LogP contribution is -2.17. The number of thiophene rings is 1. The second-order valence-corrected chi connectivity index (χ2v) is 8.03. The summed E-state index contributed by atoms with van der Waals surface area (Å²) in [5, 5.41) is 5.92. The van der Waals surface area contributed by atoms with Crippen molar-refractivity contribution in [2.45, 2.75) is 19.8 Å². The van der Waals surface area contributed by atoms with Gasteiger partial charge in [0.25, 0.3) is 0 Å². The van der Waals surface area contributed by atoms with Crippen LogP contribution in [0.15, 0.2) is 46.3 Å². The van der Waals surface area contributed by atoms with Crippen LogP contribution in [0.25, 0.3) is 10.7 Å². The van der Waals surface area contributed by atoms with E-state index >= 15 is 0 Å². The van der Waals surface area contributed by atoms with Crippen molar-refractivity contribution < 1.29 is 12.9 Å². The van der Waals surface area contributed by atoms with E-state index in [-0.39, 0.29) is 5.75 Å². The molecule has 0 aliphatic rings. The predicted molar refractivity (Wildman–Crippen MR) is 94.6 cm³/mol. The zero-order chi connectivity index (χ0) is 17.0. The van der Waals surface area contributed by atoms with Gasteiger partial charge >= 0.3 is 0 Å². The zero-order valence-corrected chi connectivity index (χ0v) is 14.7. The smallest absolute Gasteiger partial charge is 0.232 e. The molecular formula is C16H17N3O3S2. The molecule has 1 N–H and O–H groups in total. The summed E-state index contributed by atoms with van der Waals surface area (Å²) >= 11 is 1.54. The largest absolute Gasteiger partial charge is 0.339 e. The average Bonchev–Trinajstić information content (AvgIpc) is 3.20. The molecule has 2 heterocycles. The summed E-state index contributed by atoms with van der Waals surface area (Å²) in [7, 11) is -3.34. The maximum atomic E-state index is 12.0. The Hall–Kier alpha value is -2.19. The quantitative estimate of drug-likeness (QED) is 0.694. The van der Waals surface area contributed by atoms with Crippen molar-refractivity contribution in [1.29, 1.82) is 0 Å². The number of para-hydroxylation sites is 1. The first kappa shape index (κ1) is 16.7. The third kappa shape index (κ3) is 4.01. The van der Waals surface area contributed by atoms with Gasteiger partial charge in [0.05, 0.1) is 22.7 Å². The van der Waals surface area contributed by atoms with E-state index in [4.69, 9.17) is 4.52 Å². The molecule has 6 nitrogen and oxygen atoms in total. The van der Waals surface area contributed by atoms with Gasteiger partial charge in [0.2, 0.25) is 21.7 Å². The summed E-state index contributed by atoms with van der Waals surface area (Å²) in [6, 6.07) is 11.1. The van der Waals surface area contributed by atoms with Crippen molar-refractivity contribution in [3.63, 3.8) is 0 Å². The molecule has 24 heavy (non-hydrogen) atoms. The van der Waals surface area contributed by atoms with Crippen LogP contribution in [0.5, 0.6) is 0 Å². The maximum Gasteiger partial charge on any atom is 0.232 e. The molecule has 3 aromatic rings. The highest BCUT2D eigenvalue weighted by Gasteiger charge is 2.15. The third-order valence-electron chi connectivity index (χ3n) is 3.31. The van der Waals surface area contributed by atoms with Crippen molar-refractivity contribution in [3.05, 3.63) is 53.2 Å². The first-order valence-electron chi connectivity index (χ1n) is 7.52. The van der Waals surface area contributed by atoms with Gasteiger partial charge in [-0.3, -0.25) is 4.72 Å². The van der Waals surface area contributed by atoms with E-state index in [2.05, 4.69) is 14.9 Å². The second-order valence-electron chi connectivity index (χ2n) is 5.24. The number of nitrogens with zero attached hydrogens (tertiary/aromatic N) is 2. The molecule has 0 saturated heterocycles. The number of anilines is 1. The Morgan fingerprint density at radius 3 is 2.79 bits per heavy atom. The van der Waals surface area contributed by atoms with Gasteiger partial charge in [0.15, 0.2) is 0 Å². The molecular weight excluding hydrogens is 346 g/mol. The standard InChI is InChI=1S/C16H17N3O3S2/c1-2-10-24(20,21)19-13-7-4-3-6-12(13)11-15-17-16(18-22-15)14-8-5-9-23-14/h3-9,19H,2,10-11H2,1H3. The number of hydrogen-bond acceptors (Lipinski definition) is 6. The lowest BCUT2D eigenvalue weighted by atomic mass is 10.1. The Balaban J connectivity index is 1.81. The minimum Gasteiger partial charge on any atom is -0.339 e. The molecule has 3 rings (SSSR count). The van der Waals surface area contributed by atoms with E-state index in [0.717, 1.165) is 10.4 Å². The van der Waals surface area contributed by atoms with E-state index < -0.39 is 10.0 Å². The highest BCUT2D eigenvalue weighted by Crippen LogP contribution is 2.24. The van der Waals surface area contributed by atoms with E-state index in [9.17, 15) is 8.42 Å². The molecule has 0 aliphatic carbocycles. The topological polar surface area (TPSA) is 85.1 Å². The fourth-order valence-electron chi connectivity index (χ4n) is 2.26. The molecule has 1 aromatic carbocycles. The van der Waals surface area contributed by atoms with Gasteiger partial charge in [-0.2, -0.15) is 4.98 Å². The van der Waals surface area contributed by atoms with Crippen LogP contribution in [-0.4, -0.2) is 24.3 Å². The van der Waals surface area contributed by atoms with Crippen molar-refractivity contribution >= 4 is 27.0 Å². The Kier molecular flexibility index (Phi) is 4.96. The van der Waals surface area contributed by atoms with E-state index in [0.29, 0.717) is 30.2 Å². The van der Waals surface area contributed by atoms with Gasteiger partial charge in [0.1, 0.15) is 0 Å². The first-order valence-corrected chi connectivity index (χ1v) is 10.1. The highest BCUT2D eigenvalue weighted by molar-refractivity contribution is 7.92. The number of sulfonamides is 1. The number of aromatic nitrogens is 2. The summed E-state index contributed by atoms with van der Waals surface area (Å²) in [4.78, 5) is 5.31. The number of hydrogen-bond donors (Lipinski definition) is 1. The van der Waals surface area contributed by atoms with Gasteiger partial charge < -0.3 is 4.52 Å². The molecule has 0 bridgehead atoms. The van der Waals surface area contributed by atoms with Crippen molar-refractivity contribution in [3.8, 4) is 10.7 Å². The minimum atomic E-state index is -3.34. The molecule has 0 saturated carbocycles. The molecule has 0 radical (unpaired) electrons. The normalized spacial score (nSPS) is 11.5. The Morgan fingerprint density at radius 1 is 1.21 bits per heavy atom. The van der Waals surface area contributed by atoms with Gasteiger partial charge in [-0.05, 0) is 29.5 Å². The lowest BCUT2D eigenvalue weighted by molar-refractivity contribution is 0.386. The fraction of sp³-hybridized carbons (Fsp3) is 0.250. The van der Waals surface area contributed by atoms with E-state index in [1.165, 1.54) is 11.3 Å². The Morgan fingerprint density at radius 2 is 2.04 bits per heavy atom. The van der Waals surface area contributed by atoms with E-state index in [1.54, 1.807) is 12.1 Å². The highest BCUT2D eigenvalue weighted by atomic mass is 32.2. The van der Waals surface area contributed by atoms with Crippen LogP contribution in [0.2, 0.25) is 0 Å². The second kappa shape index (κ2) is 7.14. The zero-order valence-electron chi connectivity index (χ0n) is 13.1. The fourth-order valence-corrected chi connectivity index (χ4v) is 4.08. The van der Waals surface area contributed by atoms with Gasteiger partial charge in [0, 0.05) is 0 Å². The molecule has 0 amide bonds. The summed E-state index contributed by atoms with van der Waals surface area (Å²) < 4.78 is 31.9. The monoisotopic (exact) mass is 363 g/mol. The van der Waals surface area contributed by atoms with Crippen molar-refractivity contribution in [2.24, 2.45) is 0 Å². The van der Waals surface area contributed by atoms with Crippen molar-refractivity contribution in [2.75, 3.05) is 10.5 Å². The number of nitrogens with one attached hydrogen (secondary N) is 1. The molecule has 8 heteroatoms. The molecule has 126 valence electrons. The van der Waals surface area contributed by atoms with Crippen LogP contribution in [0.1, 0.15) is 24.8 Å². The van der Waals surface area contributed by atoms with E-state index in [1.807, 2.05) is 36.6 Å². The Bertz CT molecular complexity index is 902. The average molecular weight is 363 g/mol. The third-order valence-corrected chi connectivity index (χ3v) is 5.65. The maximum absolute atomic E-state index is 12.0. The molecule has 0 unspecified atom stereocenters. The molecule has 0 atom stereocenters. The predicted octanol–water partition coefficient (Wildman–Crippen LogP) is 3.54. The van der Waals surface area contributed by atoms with Crippen LogP contribution >= 0.6 is 11.3 Å². The first-order chi connectivity index (χ1) is 11.6. The molecule has 0 fully saturated rings. The SMILES string of the molecule is CCCS(=O)(=O)Nc1ccccc1Cc1nc(-c2cccs2)no1. The van der Waals surface area contributed by atoms with Crippen LogP contribution in [0.3, 0.4) is 0 Å². The molecule has 2 aromatic heterocycles. The summed E-state index contributed by atoms with van der Waals surface area (Å²) in [6.45, 7) is 1.83. The van der Waals surface area contributed by atoms with Crippen LogP contribution in [0, 0.1) is 0 Å². The number of benzene rings is 1.